The van der Waals surface area contributed by atoms with Crippen LogP contribution in [0.5, 0.6) is 0 Å². The van der Waals surface area contributed by atoms with Crippen molar-refractivity contribution in [3.05, 3.63) is 71.1 Å². The van der Waals surface area contributed by atoms with Gasteiger partial charge in [0, 0.05) is 43.3 Å². The fourth-order valence-electron chi connectivity index (χ4n) is 3.52. The quantitative estimate of drug-likeness (QED) is 0.549. The van der Waals surface area contributed by atoms with Crippen molar-refractivity contribution in [2.24, 2.45) is 0 Å². The third-order valence-corrected chi connectivity index (χ3v) is 5.56. The van der Waals surface area contributed by atoms with Crippen molar-refractivity contribution < 1.29 is 14.1 Å². The standard InChI is InChI=1S/C23H25ClN6O3/c24-19-8-6-18(7-9-19)22-27-21(33-28-22)16-30-12-10-29(11-13-30)15-20(31)26-23(32)25-14-17-4-2-1-3-5-17/h1-9H,10-16H2,(H2,25,26,31,32). The number of carbonyl (C=O) groups is 2. The maximum Gasteiger partial charge on any atom is 0.321 e. The Morgan fingerprint density at radius 2 is 1.67 bits per heavy atom. The van der Waals surface area contributed by atoms with Crippen LogP contribution in [0.15, 0.2) is 59.1 Å². The van der Waals surface area contributed by atoms with E-state index in [0.29, 0.717) is 42.9 Å². The predicted octanol–water partition coefficient (Wildman–Crippen LogP) is 2.53. The van der Waals surface area contributed by atoms with Crippen molar-refractivity contribution >= 4 is 23.5 Å². The summed E-state index contributed by atoms with van der Waals surface area (Å²) in [5.41, 5.74) is 1.82. The molecule has 1 aliphatic rings. The highest BCUT2D eigenvalue weighted by molar-refractivity contribution is 6.30. The summed E-state index contributed by atoms with van der Waals surface area (Å²) in [6.45, 7) is 4.01. The van der Waals surface area contributed by atoms with Crippen LogP contribution in [0.2, 0.25) is 5.02 Å². The van der Waals surface area contributed by atoms with Crippen molar-refractivity contribution in [3.8, 4) is 11.4 Å². The molecule has 0 saturated carbocycles. The Morgan fingerprint density at radius 3 is 2.39 bits per heavy atom. The zero-order valence-corrected chi connectivity index (χ0v) is 18.8. The van der Waals surface area contributed by atoms with Gasteiger partial charge in [-0.3, -0.25) is 19.9 Å². The van der Waals surface area contributed by atoms with Crippen LogP contribution in [0.1, 0.15) is 11.5 Å². The van der Waals surface area contributed by atoms with E-state index in [2.05, 4.69) is 25.7 Å². The van der Waals surface area contributed by atoms with Crippen molar-refractivity contribution in [2.45, 2.75) is 13.1 Å². The van der Waals surface area contributed by atoms with Gasteiger partial charge in [-0.05, 0) is 29.8 Å². The molecule has 0 spiro atoms. The van der Waals surface area contributed by atoms with Gasteiger partial charge in [-0.15, -0.1) is 0 Å². The molecule has 0 radical (unpaired) electrons. The van der Waals surface area contributed by atoms with Gasteiger partial charge in [0.05, 0.1) is 13.1 Å². The molecule has 33 heavy (non-hydrogen) atoms. The summed E-state index contributed by atoms with van der Waals surface area (Å²) in [6, 6.07) is 16.3. The average Bonchev–Trinajstić information content (AvgIpc) is 3.28. The SMILES string of the molecule is O=C(CN1CCN(Cc2nc(-c3ccc(Cl)cc3)no2)CC1)NC(=O)NCc1ccccc1. The Labute approximate surface area is 196 Å². The minimum atomic E-state index is -0.490. The number of benzene rings is 2. The molecular weight excluding hydrogens is 444 g/mol. The van der Waals surface area contributed by atoms with Gasteiger partial charge < -0.3 is 9.84 Å². The molecule has 0 bridgehead atoms. The van der Waals surface area contributed by atoms with E-state index in [1.807, 2.05) is 47.4 Å². The van der Waals surface area contributed by atoms with Crippen LogP contribution in [0, 0.1) is 0 Å². The molecular formula is C23H25ClN6O3. The van der Waals surface area contributed by atoms with Crippen molar-refractivity contribution in [3.63, 3.8) is 0 Å². The number of rotatable bonds is 7. The zero-order valence-electron chi connectivity index (χ0n) is 18.0. The zero-order chi connectivity index (χ0) is 23.0. The summed E-state index contributed by atoms with van der Waals surface area (Å²) in [6.07, 6.45) is 0. The smallest absolute Gasteiger partial charge is 0.321 e. The lowest BCUT2D eigenvalue weighted by molar-refractivity contribution is -0.121. The first-order valence-electron chi connectivity index (χ1n) is 10.7. The van der Waals surface area contributed by atoms with Crippen molar-refractivity contribution in [2.75, 3.05) is 32.7 Å². The van der Waals surface area contributed by atoms with Crippen molar-refractivity contribution in [1.29, 1.82) is 0 Å². The summed E-state index contributed by atoms with van der Waals surface area (Å²) >= 11 is 5.92. The van der Waals surface area contributed by atoms with Crippen molar-refractivity contribution in [1.82, 2.24) is 30.6 Å². The van der Waals surface area contributed by atoms with E-state index in [9.17, 15) is 9.59 Å². The Hall–Kier alpha value is -3.27. The molecule has 9 nitrogen and oxygen atoms in total. The van der Waals surface area contributed by atoms with Gasteiger partial charge in [0.2, 0.25) is 17.6 Å². The Balaban J connectivity index is 1.16. The van der Waals surface area contributed by atoms with Crippen LogP contribution >= 0.6 is 11.6 Å². The van der Waals surface area contributed by atoms with Gasteiger partial charge >= 0.3 is 6.03 Å². The number of imide groups is 1. The van der Waals surface area contributed by atoms with Crippen LogP contribution in [-0.4, -0.2) is 64.6 Å². The number of hydrogen-bond donors (Lipinski definition) is 2. The Bertz CT molecular complexity index is 1070. The van der Waals surface area contributed by atoms with E-state index in [-0.39, 0.29) is 12.5 Å². The van der Waals surface area contributed by atoms with Crippen LogP contribution < -0.4 is 10.6 Å². The predicted molar refractivity (Wildman–Crippen MR) is 123 cm³/mol. The highest BCUT2D eigenvalue weighted by atomic mass is 35.5. The number of urea groups is 1. The maximum absolute atomic E-state index is 12.2. The third-order valence-electron chi connectivity index (χ3n) is 5.31. The van der Waals surface area contributed by atoms with E-state index in [0.717, 1.165) is 24.2 Å². The molecule has 172 valence electrons. The lowest BCUT2D eigenvalue weighted by atomic mass is 10.2. The molecule has 2 N–H and O–H groups in total. The number of hydrogen-bond acceptors (Lipinski definition) is 7. The number of piperazine rings is 1. The number of aromatic nitrogens is 2. The summed E-state index contributed by atoms with van der Waals surface area (Å²) in [5, 5.41) is 9.77. The molecule has 0 atom stereocenters. The van der Waals surface area contributed by atoms with Gasteiger partial charge in [-0.25, -0.2) is 4.79 Å². The molecule has 0 aliphatic carbocycles. The molecule has 1 saturated heterocycles. The molecule has 1 aromatic heterocycles. The van der Waals surface area contributed by atoms with E-state index < -0.39 is 6.03 Å². The number of amides is 3. The highest BCUT2D eigenvalue weighted by Gasteiger charge is 2.21. The van der Waals surface area contributed by atoms with Crippen LogP contribution in [0.3, 0.4) is 0 Å². The number of carbonyl (C=O) groups excluding carboxylic acids is 2. The highest BCUT2D eigenvalue weighted by Crippen LogP contribution is 2.19. The summed E-state index contributed by atoms with van der Waals surface area (Å²) in [7, 11) is 0. The second-order valence-corrected chi connectivity index (χ2v) is 8.22. The second-order valence-electron chi connectivity index (χ2n) is 7.79. The van der Waals surface area contributed by atoms with Crippen LogP contribution in [0.25, 0.3) is 11.4 Å². The van der Waals surface area contributed by atoms with E-state index in [4.69, 9.17) is 16.1 Å². The molecule has 10 heteroatoms. The molecule has 3 aromatic rings. The van der Waals surface area contributed by atoms with Gasteiger partial charge in [0.1, 0.15) is 0 Å². The van der Waals surface area contributed by atoms with Gasteiger partial charge in [0.15, 0.2) is 0 Å². The van der Waals surface area contributed by atoms with E-state index >= 15 is 0 Å². The first-order valence-corrected chi connectivity index (χ1v) is 11.1. The lowest BCUT2D eigenvalue weighted by Crippen LogP contribution is -2.50. The second kappa shape index (κ2) is 11.0. The first kappa shape index (κ1) is 22.9. The maximum atomic E-state index is 12.2. The van der Waals surface area contributed by atoms with E-state index in [1.165, 1.54) is 0 Å². The molecule has 4 rings (SSSR count). The first-order chi connectivity index (χ1) is 16.0. The van der Waals surface area contributed by atoms with Crippen LogP contribution in [-0.2, 0) is 17.9 Å². The monoisotopic (exact) mass is 468 g/mol. The minimum absolute atomic E-state index is 0.174. The van der Waals surface area contributed by atoms with E-state index in [1.54, 1.807) is 12.1 Å². The fraction of sp³-hybridized carbons (Fsp3) is 0.304. The normalized spacial score (nSPS) is 14.7. The minimum Gasteiger partial charge on any atom is -0.338 e. The molecule has 3 amide bonds. The number of halogens is 1. The lowest BCUT2D eigenvalue weighted by Gasteiger charge is -2.33. The Kier molecular flexibility index (Phi) is 7.66. The molecule has 2 heterocycles. The molecule has 1 aliphatic heterocycles. The third kappa shape index (κ3) is 6.85. The van der Waals surface area contributed by atoms with Gasteiger partial charge in [-0.1, -0.05) is 47.1 Å². The molecule has 2 aromatic carbocycles. The average molecular weight is 469 g/mol. The molecule has 1 fully saturated rings. The van der Waals surface area contributed by atoms with Crippen LogP contribution in [0.4, 0.5) is 4.79 Å². The number of nitrogens with zero attached hydrogens (tertiary/aromatic N) is 4. The fourth-order valence-corrected chi connectivity index (χ4v) is 3.65. The molecule has 0 unspecified atom stereocenters. The number of nitrogens with one attached hydrogen (secondary N) is 2. The summed E-state index contributed by atoms with van der Waals surface area (Å²) in [5.74, 6) is 0.752. The summed E-state index contributed by atoms with van der Waals surface area (Å²) < 4.78 is 5.38. The van der Waals surface area contributed by atoms with Gasteiger partial charge in [0.25, 0.3) is 0 Å². The Morgan fingerprint density at radius 1 is 0.970 bits per heavy atom. The van der Waals surface area contributed by atoms with Gasteiger partial charge in [-0.2, -0.15) is 4.98 Å². The summed E-state index contributed by atoms with van der Waals surface area (Å²) in [4.78, 5) is 32.8. The topological polar surface area (TPSA) is 104 Å². The largest absolute Gasteiger partial charge is 0.338 e.